The molecule has 1 aromatic carbocycles. The SMILES string of the molecule is O=C(Cc1cc2cc(-c3cn[nH]c3)ccc2cn1)C1CCC(CN2CC(F)C2)CC1. The maximum Gasteiger partial charge on any atom is 0.141 e. The Morgan fingerprint density at radius 2 is 1.90 bits per heavy atom. The number of aromatic amines is 1. The number of nitrogens with one attached hydrogen (secondary N) is 1. The van der Waals surface area contributed by atoms with Crippen LogP contribution in [0.4, 0.5) is 4.39 Å². The fourth-order valence-electron chi connectivity index (χ4n) is 4.88. The predicted octanol–water partition coefficient (Wildman–Crippen LogP) is 4.20. The van der Waals surface area contributed by atoms with Gasteiger partial charge in [0.05, 0.1) is 6.20 Å². The molecule has 1 N–H and O–H groups in total. The monoisotopic (exact) mass is 406 g/mol. The number of halogens is 1. The van der Waals surface area contributed by atoms with Crippen LogP contribution in [0, 0.1) is 11.8 Å². The number of rotatable bonds is 6. The van der Waals surface area contributed by atoms with Crippen LogP contribution in [0.2, 0.25) is 0 Å². The van der Waals surface area contributed by atoms with Crippen molar-refractivity contribution in [2.45, 2.75) is 38.3 Å². The number of carbonyl (C=O) groups excluding carboxylic acids is 1. The number of hydrogen-bond donors (Lipinski definition) is 1. The van der Waals surface area contributed by atoms with E-state index in [4.69, 9.17) is 0 Å². The van der Waals surface area contributed by atoms with Gasteiger partial charge in [-0.15, -0.1) is 0 Å². The van der Waals surface area contributed by atoms with E-state index in [1.54, 1.807) is 6.20 Å². The molecule has 156 valence electrons. The first kappa shape index (κ1) is 19.4. The van der Waals surface area contributed by atoms with Gasteiger partial charge >= 0.3 is 0 Å². The molecule has 6 heteroatoms. The molecule has 1 aliphatic heterocycles. The summed E-state index contributed by atoms with van der Waals surface area (Å²) in [5.74, 6) is 1.06. The number of carbonyl (C=O) groups is 1. The van der Waals surface area contributed by atoms with Gasteiger partial charge in [-0.2, -0.15) is 5.10 Å². The lowest BCUT2D eigenvalue weighted by Gasteiger charge is -2.38. The number of alkyl halides is 1. The van der Waals surface area contributed by atoms with Gasteiger partial charge in [0.2, 0.25) is 0 Å². The molecule has 0 atom stereocenters. The van der Waals surface area contributed by atoms with Crippen LogP contribution in [0.1, 0.15) is 31.4 Å². The molecule has 1 aliphatic carbocycles. The van der Waals surface area contributed by atoms with E-state index < -0.39 is 6.17 Å². The molecule has 5 nitrogen and oxygen atoms in total. The molecule has 1 saturated carbocycles. The Morgan fingerprint density at radius 3 is 2.63 bits per heavy atom. The van der Waals surface area contributed by atoms with E-state index in [0.29, 0.717) is 31.2 Å². The van der Waals surface area contributed by atoms with E-state index in [1.807, 2.05) is 18.5 Å². The summed E-state index contributed by atoms with van der Waals surface area (Å²) < 4.78 is 13.0. The van der Waals surface area contributed by atoms with Crippen molar-refractivity contribution in [3.63, 3.8) is 0 Å². The Kier molecular flexibility index (Phi) is 5.34. The second kappa shape index (κ2) is 8.26. The van der Waals surface area contributed by atoms with Gasteiger partial charge in [0, 0.05) is 61.0 Å². The second-order valence-electron chi connectivity index (χ2n) is 8.90. The normalized spacial score (nSPS) is 22.8. The largest absolute Gasteiger partial charge is 0.299 e. The first-order valence-electron chi connectivity index (χ1n) is 10.9. The molecule has 3 heterocycles. The van der Waals surface area contributed by atoms with Crippen molar-refractivity contribution in [3.05, 3.63) is 48.5 Å². The minimum Gasteiger partial charge on any atom is -0.299 e. The van der Waals surface area contributed by atoms with Gasteiger partial charge < -0.3 is 0 Å². The molecule has 2 aliphatic rings. The van der Waals surface area contributed by atoms with Crippen LogP contribution in [0.15, 0.2) is 42.9 Å². The van der Waals surface area contributed by atoms with Crippen molar-refractivity contribution in [2.24, 2.45) is 11.8 Å². The van der Waals surface area contributed by atoms with E-state index in [9.17, 15) is 9.18 Å². The number of H-pyrrole nitrogens is 1. The number of likely N-dealkylation sites (tertiary alicyclic amines) is 1. The maximum absolute atomic E-state index is 13.0. The van der Waals surface area contributed by atoms with Gasteiger partial charge in [-0.25, -0.2) is 4.39 Å². The third-order valence-electron chi connectivity index (χ3n) is 6.70. The predicted molar refractivity (Wildman–Crippen MR) is 115 cm³/mol. The summed E-state index contributed by atoms with van der Waals surface area (Å²) in [6, 6.07) is 8.28. The van der Waals surface area contributed by atoms with Gasteiger partial charge in [0.1, 0.15) is 12.0 Å². The van der Waals surface area contributed by atoms with Crippen molar-refractivity contribution in [1.29, 1.82) is 0 Å². The Balaban J connectivity index is 1.20. The summed E-state index contributed by atoms with van der Waals surface area (Å²) >= 11 is 0. The van der Waals surface area contributed by atoms with E-state index in [1.165, 1.54) is 0 Å². The van der Waals surface area contributed by atoms with Gasteiger partial charge in [0.15, 0.2) is 0 Å². The van der Waals surface area contributed by atoms with Crippen LogP contribution in [0.3, 0.4) is 0 Å². The molecule has 30 heavy (non-hydrogen) atoms. The average molecular weight is 407 g/mol. The Labute approximate surface area is 175 Å². The van der Waals surface area contributed by atoms with E-state index in [2.05, 4.69) is 38.3 Å². The molecule has 0 spiro atoms. The molecule has 0 radical (unpaired) electrons. The highest BCUT2D eigenvalue weighted by atomic mass is 19.1. The molecule has 3 aromatic rings. The highest BCUT2D eigenvalue weighted by Gasteiger charge is 2.31. The molecule has 1 saturated heterocycles. The summed E-state index contributed by atoms with van der Waals surface area (Å²) in [6.45, 7) is 2.18. The lowest BCUT2D eigenvalue weighted by Crippen LogP contribution is -2.50. The van der Waals surface area contributed by atoms with Crippen molar-refractivity contribution in [3.8, 4) is 11.1 Å². The minimum absolute atomic E-state index is 0.140. The molecule has 5 rings (SSSR count). The first-order valence-corrected chi connectivity index (χ1v) is 10.9. The van der Waals surface area contributed by atoms with Crippen LogP contribution in [-0.2, 0) is 11.2 Å². The quantitative estimate of drug-likeness (QED) is 0.667. The number of pyridine rings is 1. The number of benzene rings is 1. The van der Waals surface area contributed by atoms with Crippen molar-refractivity contribution >= 4 is 16.6 Å². The smallest absolute Gasteiger partial charge is 0.141 e. The van der Waals surface area contributed by atoms with Gasteiger partial charge in [-0.05, 0) is 54.7 Å². The first-order chi connectivity index (χ1) is 14.6. The topological polar surface area (TPSA) is 61.9 Å². The van der Waals surface area contributed by atoms with Crippen molar-refractivity contribution in [1.82, 2.24) is 20.1 Å². The number of Topliss-reactive ketones (excluding diaryl/α,β-unsaturated/α-hetero) is 1. The Hall–Kier alpha value is -2.60. The van der Waals surface area contributed by atoms with Crippen LogP contribution in [0.5, 0.6) is 0 Å². The summed E-state index contributed by atoms with van der Waals surface area (Å²) in [4.78, 5) is 19.6. The van der Waals surface area contributed by atoms with Crippen LogP contribution in [0.25, 0.3) is 21.9 Å². The zero-order chi connectivity index (χ0) is 20.5. The van der Waals surface area contributed by atoms with E-state index in [0.717, 1.165) is 59.8 Å². The highest BCUT2D eigenvalue weighted by Crippen LogP contribution is 2.32. The zero-order valence-corrected chi connectivity index (χ0v) is 17.1. The fourth-order valence-corrected chi connectivity index (χ4v) is 4.88. The molecular weight excluding hydrogens is 379 g/mol. The number of nitrogens with zero attached hydrogens (tertiary/aromatic N) is 3. The average Bonchev–Trinajstić information content (AvgIpc) is 3.27. The van der Waals surface area contributed by atoms with Crippen LogP contribution in [-0.4, -0.2) is 51.7 Å². The number of hydrogen-bond acceptors (Lipinski definition) is 4. The zero-order valence-electron chi connectivity index (χ0n) is 17.1. The standard InChI is InChI=1S/C24H27FN4O/c25-22-14-29(15-22)13-16-1-3-17(4-2-16)24(30)9-23-8-20-7-18(21-11-27-28-12-21)5-6-19(20)10-26-23/h5-8,10-12,16-17,22H,1-4,9,13-15H2,(H,27,28). The van der Waals surface area contributed by atoms with Crippen LogP contribution < -0.4 is 0 Å². The van der Waals surface area contributed by atoms with Crippen molar-refractivity contribution < 1.29 is 9.18 Å². The second-order valence-corrected chi connectivity index (χ2v) is 8.90. The number of fused-ring (bicyclic) bond motifs is 1. The lowest BCUT2D eigenvalue weighted by molar-refractivity contribution is -0.123. The third-order valence-corrected chi connectivity index (χ3v) is 6.70. The van der Waals surface area contributed by atoms with Crippen molar-refractivity contribution in [2.75, 3.05) is 19.6 Å². The minimum atomic E-state index is -0.631. The third kappa shape index (κ3) is 4.15. The summed E-state index contributed by atoms with van der Waals surface area (Å²) in [5, 5.41) is 9.03. The number of ketones is 1. The summed E-state index contributed by atoms with van der Waals surface area (Å²) in [5.41, 5.74) is 2.98. The van der Waals surface area contributed by atoms with Gasteiger partial charge in [-0.3, -0.25) is 19.8 Å². The molecular formula is C24H27FN4O. The molecule has 0 unspecified atom stereocenters. The highest BCUT2D eigenvalue weighted by molar-refractivity contribution is 5.88. The maximum atomic E-state index is 13.0. The fraction of sp³-hybridized carbons (Fsp3) is 0.458. The molecule has 2 fully saturated rings. The van der Waals surface area contributed by atoms with E-state index >= 15 is 0 Å². The summed E-state index contributed by atoms with van der Waals surface area (Å²) in [6.07, 6.45) is 9.36. The Bertz CT molecular complexity index is 1020. The molecule has 0 amide bonds. The molecule has 2 aromatic heterocycles. The van der Waals surface area contributed by atoms with Gasteiger partial charge in [0.25, 0.3) is 0 Å². The lowest BCUT2D eigenvalue weighted by atomic mass is 9.78. The van der Waals surface area contributed by atoms with Crippen LogP contribution >= 0.6 is 0 Å². The number of aromatic nitrogens is 3. The van der Waals surface area contributed by atoms with E-state index in [-0.39, 0.29) is 5.92 Å². The summed E-state index contributed by atoms with van der Waals surface area (Å²) in [7, 11) is 0. The molecule has 0 bridgehead atoms. The Morgan fingerprint density at radius 1 is 1.07 bits per heavy atom. The van der Waals surface area contributed by atoms with Gasteiger partial charge in [-0.1, -0.05) is 12.1 Å².